The van der Waals surface area contributed by atoms with Crippen molar-refractivity contribution in [2.45, 2.75) is 11.4 Å². The Bertz CT molecular complexity index is 1170. The normalized spacial score (nSPS) is 11.0. The van der Waals surface area contributed by atoms with Gasteiger partial charge < -0.3 is 14.8 Å². The summed E-state index contributed by atoms with van der Waals surface area (Å²) in [6, 6.07) is 17.9. The lowest BCUT2D eigenvalue weighted by Crippen LogP contribution is -2.40. The number of ether oxygens (including phenoxy) is 2. The van der Waals surface area contributed by atoms with Gasteiger partial charge in [0.15, 0.2) is 11.5 Å². The van der Waals surface area contributed by atoms with Crippen molar-refractivity contribution in [1.29, 1.82) is 0 Å². The number of halogens is 1. The number of nitrogens with zero attached hydrogens (tertiary/aromatic N) is 1. The maximum Gasteiger partial charge on any atom is 0.264 e. The number of hydrogen-bond acceptors (Lipinski definition) is 5. The molecule has 0 bridgehead atoms. The van der Waals surface area contributed by atoms with Crippen LogP contribution in [-0.2, 0) is 21.4 Å². The summed E-state index contributed by atoms with van der Waals surface area (Å²) in [4.78, 5) is 12.7. The molecule has 3 aromatic carbocycles. The predicted octanol–water partition coefficient (Wildman–Crippen LogP) is 3.35. The smallest absolute Gasteiger partial charge is 0.264 e. The van der Waals surface area contributed by atoms with E-state index in [4.69, 9.17) is 9.47 Å². The monoisotopic (exact) mass is 458 g/mol. The first-order valence-corrected chi connectivity index (χ1v) is 11.1. The maximum absolute atomic E-state index is 13.4. The van der Waals surface area contributed by atoms with E-state index < -0.39 is 28.3 Å². The molecule has 0 radical (unpaired) electrons. The molecule has 1 N–H and O–H groups in total. The van der Waals surface area contributed by atoms with E-state index >= 15 is 0 Å². The van der Waals surface area contributed by atoms with E-state index in [0.29, 0.717) is 11.5 Å². The molecule has 3 rings (SSSR count). The maximum atomic E-state index is 13.4. The number of carbonyl (C=O) groups is 1. The van der Waals surface area contributed by atoms with Crippen LogP contribution >= 0.6 is 0 Å². The average molecular weight is 459 g/mol. The molecule has 0 unspecified atom stereocenters. The van der Waals surface area contributed by atoms with Crippen LogP contribution in [0.2, 0.25) is 0 Å². The Labute approximate surface area is 186 Å². The molecule has 0 saturated carbocycles. The van der Waals surface area contributed by atoms with Gasteiger partial charge in [0.05, 0.1) is 24.8 Å². The molecule has 0 aliphatic rings. The van der Waals surface area contributed by atoms with Crippen molar-refractivity contribution >= 4 is 21.6 Å². The topological polar surface area (TPSA) is 84.9 Å². The van der Waals surface area contributed by atoms with Gasteiger partial charge in [-0.05, 0) is 54.1 Å². The van der Waals surface area contributed by atoms with Crippen LogP contribution in [0.1, 0.15) is 5.56 Å². The van der Waals surface area contributed by atoms with Crippen molar-refractivity contribution in [2.24, 2.45) is 0 Å². The zero-order chi connectivity index (χ0) is 23.1. The zero-order valence-corrected chi connectivity index (χ0v) is 18.4. The third-order valence-electron chi connectivity index (χ3n) is 4.67. The molecule has 32 heavy (non-hydrogen) atoms. The Kier molecular flexibility index (Phi) is 7.32. The first kappa shape index (κ1) is 23.1. The lowest BCUT2D eigenvalue weighted by atomic mass is 10.2. The lowest BCUT2D eigenvalue weighted by molar-refractivity contribution is -0.119. The molecule has 0 aromatic heterocycles. The SMILES string of the molecule is COc1ccc(CNC(=O)CN(c2ccc(F)cc2)S(=O)(=O)c2ccccc2)cc1OC. The summed E-state index contributed by atoms with van der Waals surface area (Å²) < 4.78 is 51.2. The van der Waals surface area contributed by atoms with Gasteiger partial charge >= 0.3 is 0 Å². The highest BCUT2D eigenvalue weighted by Crippen LogP contribution is 2.27. The van der Waals surface area contributed by atoms with Crippen LogP contribution in [0, 0.1) is 5.82 Å². The number of carbonyl (C=O) groups excluding carboxylic acids is 1. The van der Waals surface area contributed by atoms with Gasteiger partial charge in [0.25, 0.3) is 10.0 Å². The number of methoxy groups -OCH3 is 2. The fourth-order valence-electron chi connectivity index (χ4n) is 3.02. The van der Waals surface area contributed by atoms with Crippen molar-refractivity contribution in [1.82, 2.24) is 5.32 Å². The second kappa shape index (κ2) is 10.1. The van der Waals surface area contributed by atoms with Crippen LogP contribution in [0.5, 0.6) is 11.5 Å². The second-order valence-corrected chi connectivity index (χ2v) is 8.63. The van der Waals surface area contributed by atoms with Crippen molar-refractivity contribution in [3.63, 3.8) is 0 Å². The minimum Gasteiger partial charge on any atom is -0.493 e. The van der Waals surface area contributed by atoms with Gasteiger partial charge in [-0.2, -0.15) is 0 Å². The molecule has 0 atom stereocenters. The zero-order valence-electron chi connectivity index (χ0n) is 17.6. The molecule has 1 amide bonds. The van der Waals surface area contributed by atoms with Crippen LogP contribution in [-0.4, -0.2) is 35.1 Å². The molecule has 168 valence electrons. The van der Waals surface area contributed by atoms with E-state index in [1.807, 2.05) is 0 Å². The van der Waals surface area contributed by atoms with Gasteiger partial charge in [0.2, 0.25) is 5.91 Å². The Morgan fingerprint density at radius 2 is 1.59 bits per heavy atom. The molecule has 0 fully saturated rings. The molecule has 9 heteroatoms. The molecule has 0 heterocycles. The third-order valence-corrected chi connectivity index (χ3v) is 6.46. The Balaban J connectivity index is 1.80. The number of hydrogen-bond donors (Lipinski definition) is 1. The first-order chi connectivity index (χ1) is 15.3. The summed E-state index contributed by atoms with van der Waals surface area (Å²) in [6.45, 7) is -0.321. The molecule has 0 aliphatic carbocycles. The van der Waals surface area contributed by atoms with Gasteiger partial charge in [-0.25, -0.2) is 12.8 Å². The molecule has 0 spiro atoms. The summed E-state index contributed by atoms with van der Waals surface area (Å²) in [7, 11) is -1.02. The Morgan fingerprint density at radius 1 is 0.938 bits per heavy atom. The van der Waals surface area contributed by atoms with Crippen LogP contribution in [0.4, 0.5) is 10.1 Å². The second-order valence-electron chi connectivity index (χ2n) is 6.77. The minimum absolute atomic E-state index is 0.0250. The Morgan fingerprint density at radius 3 is 2.22 bits per heavy atom. The number of sulfonamides is 1. The number of nitrogens with one attached hydrogen (secondary N) is 1. The van der Waals surface area contributed by atoms with E-state index in [1.165, 1.54) is 38.5 Å². The molecular weight excluding hydrogens is 435 g/mol. The van der Waals surface area contributed by atoms with Gasteiger partial charge in [0, 0.05) is 6.54 Å². The van der Waals surface area contributed by atoms with E-state index in [1.54, 1.807) is 36.4 Å². The quantitative estimate of drug-likeness (QED) is 0.532. The number of amides is 1. The van der Waals surface area contributed by atoms with Crippen LogP contribution in [0.15, 0.2) is 77.7 Å². The molecule has 3 aromatic rings. The Hall–Kier alpha value is -3.59. The summed E-state index contributed by atoms with van der Waals surface area (Å²) in [5, 5.41) is 2.71. The molecule has 7 nitrogen and oxygen atoms in total. The van der Waals surface area contributed by atoms with Crippen molar-refractivity contribution < 1.29 is 27.1 Å². The number of anilines is 1. The number of rotatable bonds is 9. The highest BCUT2D eigenvalue weighted by molar-refractivity contribution is 7.92. The van der Waals surface area contributed by atoms with Crippen molar-refractivity contribution in [3.8, 4) is 11.5 Å². The first-order valence-electron chi connectivity index (χ1n) is 9.66. The van der Waals surface area contributed by atoms with Gasteiger partial charge in [0.1, 0.15) is 12.4 Å². The molecule has 0 aliphatic heterocycles. The minimum atomic E-state index is -4.05. The van der Waals surface area contributed by atoms with Gasteiger partial charge in [-0.1, -0.05) is 24.3 Å². The van der Waals surface area contributed by atoms with E-state index in [2.05, 4.69) is 5.32 Å². The summed E-state index contributed by atoms with van der Waals surface area (Å²) >= 11 is 0. The summed E-state index contributed by atoms with van der Waals surface area (Å²) in [5.41, 5.74) is 0.923. The van der Waals surface area contributed by atoms with Gasteiger partial charge in [-0.3, -0.25) is 9.10 Å². The fourth-order valence-corrected chi connectivity index (χ4v) is 4.46. The standard InChI is InChI=1S/C23H23FN2O5S/c1-30-21-13-8-17(14-22(21)31-2)15-25-23(27)16-26(19-11-9-18(24)10-12-19)32(28,29)20-6-4-3-5-7-20/h3-14H,15-16H2,1-2H3,(H,25,27). The summed E-state index contributed by atoms with van der Waals surface area (Å²) in [5.74, 6) is 0.0326. The number of benzene rings is 3. The van der Waals surface area contributed by atoms with Crippen LogP contribution in [0.25, 0.3) is 0 Å². The van der Waals surface area contributed by atoms with Crippen molar-refractivity contribution in [3.05, 3.63) is 84.2 Å². The molecular formula is C23H23FN2O5S. The van der Waals surface area contributed by atoms with E-state index in [-0.39, 0.29) is 17.1 Å². The van der Waals surface area contributed by atoms with E-state index in [0.717, 1.165) is 22.0 Å². The fraction of sp³-hybridized carbons (Fsp3) is 0.174. The average Bonchev–Trinajstić information content (AvgIpc) is 2.82. The largest absolute Gasteiger partial charge is 0.493 e. The lowest BCUT2D eigenvalue weighted by Gasteiger charge is -2.24. The predicted molar refractivity (Wildman–Crippen MR) is 119 cm³/mol. The summed E-state index contributed by atoms with van der Waals surface area (Å²) in [6.07, 6.45) is 0. The van der Waals surface area contributed by atoms with E-state index in [9.17, 15) is 17.6 Å². The molecule has 0 saturated heterocycles. The van der Waals surface area contributed by atoms with Crippen LogP contribution in [0.3, 0.4) is 0 Å². The van der Waals surface area contributed by atoms with Crippen LogP contribution < -0.4 is 19.1 Å². The van der Waals surface area contributed by atoms with Gasteiger partial charge in [-0.15, -0.1) is 0 Å². The highest BCUT2D eigenvalue weighted by atomic mass is 32.2. The third kappa shape index (κ3) is 5.36. The van der Waals surface area contributed by atoms with Crippen molar-refractivity contribution in [2.75, 3.05) is 25.1 Å². The highest BCUT2D eigenvalue weighted by Gasteiger charge is 2.27.